The Balaban J connectivity index is 1.40. The summed E-state index contributed by atoms with van der Waals surface area (Å²) in [5.41, 5.74) is 2.23. The minimum Gasteiger partial charge on any atom is -0.497 e. The monoisotopic (exact) mass is 339 g/mol. The second-order valence-electron chi connectivity index (χ2n) is 6.11. The largest absolute Gasteiger partial charge is 0.497 e. The van der Waals surface area contributed by atoms with Gasteiger partial charge in [-0.3, -0.25) is 4.79 Å². The van der Waals surface area contributed by atoms with Gasteiger partial charge in [-0.2, -0.15) is 0 Å². The third-order valence-corrected chi connectivity index (χ3v) is 4.51. The minimum absolute atomic E-state index is 0.216. The van der Waals surface area contributed by atoms with Gasteiger partial charge in [0.05, 0.1) is 7.11 Å². The predicted molar refractivity (Wildman–Crippen MR) is 101 cm³/mol. The van der Waals surface area contributed by atoms with Crippen molar-refractivity contribution < 1.29 is 9.53 Å². The fourth-order valence-electron chi connectivity index (χ4n) is 3.03. The van der Waals surface area contributed by atoms with E-state index in [2.05, 4.69) is 34.5 Å². The number of para-hydroxylation sites is 1. The number of piperazine rings is 1. The molecule has 1 N–H and O–H groups in total. The van der Waals surface area contributed by atoms with E-state index in [1.165, 1.54) is 5.69 Å². The highest BCUT2D eigenvalue weighted by atomic mass is 16.5. The van der Waals surface area contributed by atoms with Crippen molar-refractivity contribution in [2.45, 2.75) is 6.42 Å². The standard InChI is InChI=1S/C20H25N3O2/c1-25-19-9-7-17(8-10-19)21-12-11-20(24)23-15-13-22(14-16-23)18-5-3-2-4-6-18/h2-10,21H,11-16H2,1H3. The number of rotatable bonds is 6. The summed E-state index contributed by atoms with van der Waals surface area (Å²) in [5, 5.41) is 3.29. The second kappa shape index (κ2) is 8.42. The summed E-state index contributed by atoms with van der Waals surface area (Å²) < 4.78 is 5.14. The number of carbonyl (C=O) groups is 1. The Labute approximate surface area is 149 Å². The van der Waals surface area contributed by atoms with E-state index in [-0.39, 0.29) is 5.91 Å². The lowest BCUT2D eigenvalue weighted by molar-refractivity contribution is -0.131. The summed E-state index contributed by atoms with van der Waals surface area (Å²) in [5.74, 6) is 1.05. The maximum absolute atomic E-state index is 12.4. The third-order valence-electron chi connectivity index (χ3n) is 4.51. The van der Waals surface area contributed by atoms with E-state index >= 15 is 0 Å². The molecule has 0 radical (unpaired) electrons. The maximum atomic E-state index is 12.4. The van der Waals surface area contributed by atoms with Crippen LogP contribution in [0.3, 0.4) is 0 Å². The van der Waals surface area contributed by atoms with Crippen LogP contribution in [-0.4, -0.2) is 50.6 Å². The molecule has 1 aliphatic rings. The first kappa shape index (κ1) is 17.1. The molecule has 1 saturated heterocycles. The molecule has 0 unspecified atom stereocenters. The zero-order valence-corrected chi connectivity index (χ0v) is 14.6. The number of hydrogen-bond donors (Lipinski definition) is 1. The molecule has 0 spiro atoms. The molecule has 1 fully saturated rings. The Kier molecular flexibility index (Phi) is 5.77. The molecule has 1 aliphatic heterocycles. The summed E-state index contributed by atoms with van der Waals surface area (Å²) in [6, 6.07) is 18.1. The van der Waals surface area contributed by atoms with Crippen LogP contribution < -0.4 is 15.0 Å². The van der Waals surface area contributed by atoms with Crippen LogP contribution in [0.25, 0.3) is 0 Å². The lowest BCUT2D eigenvalue weighted by atomic mass is 10.2. The Morgan fingerprint density at radius 2 is 1.68 bits per heavy atom. The number of anilines is 2. The average Bonchev–Trinajstić information content (AvgIpc) is 2.69. The van der Waals surface area contributed by atoms with Gasteiger partial charge in [0.1, 0.15) is 5.75 Å². The molecular formula is C20H25N3O2. The molecule has 132 valence electrons. The van der Waals surface area contributed by atoms with Crippen molar-refractivity contribution in [1.29, 1.82) is 0 Å². The van der Waals surface area contributed by atoms with Crippen LogP contribution in [0.1, 0.15) is 6.42 Å². The van der Waals surface area contributed by atoms with Crippen molar-refractivity contribution in [2.75, 3.05) is 50.1 Å². The first-order chi connectivity index (χ1) is 12.3. The summed E-state index contributed by atoms with van der Waals surface area (Å²) in [7, 11) is 1.65. The van der Waals surface area contributed by atoms with Crippen LogP contribution in [-0.2, 0) is 4.79 Å². The number of amides is 1. The molecule has 0 aromatic heterocycles. The van der Waals surface area contributed by atoms with E-state index in [0.29, 0.717) is 13.0 Å². The third kappa shape index (κ3) is 4.66. The van der Waals surface area contributed by atoms with Gasteiger partial charge in [0.2, 0.25) is 5.91 Å². The summed E-state index contributed by atoms with van der Waals surface area (Å²) in [4.78, 5) is 16.7. The normalized spacial score (nSPS) is 14.3. The van der Waals surface area contributed by atoms with Gasteiger partial charge in [0.25, 0.3) is 0 Å². The van der Waals surface area contributed by atoms with Gasteiger partial charge in [-0.15, -0.1) is 0 Å². The van der Waals surface area contributed by atoms with E-state index in [0.717, 1.165) is 37.6 Å². The second-order valence-corrected chi connectivity index (χ2v) is 6.11. The molecule has 3 rings (SSSR count). The van der Waals surface area contributed by atoms with Gasteiger partial charge >= 0.3 is 0 Å². The Bertz CT molecular complexity index is 665. The van der Waals surface area contributed by atoms with Crippen molar-refractivity contribution in [1.82, 2.24) is 4.90 Å². The first-order valence-electron chi connectivity index (χ1n) is 8.72. The van der Waals surface area contributed by atoms with Crippen LogP contribution >= 0.6 is 0 Å². The molecule has 0 saturated carbocycles. The lowest BCUT2D eigenvalue weighted by Crippen LogP contribution is -2.49. The van der Waals surface area contributed by atoms with Crippen molar-refractivity contribution >= 4 is 17.3 Å². The number of ether oxygens (including phenoxy) is 1. The number of hydrogen-bond acceptors (Lipinski definition) is 4. The van der Waals surface area contributed by atoms with E-state index in [9.17, 15) is 4.79 Å². The van der Waals surface area contributed by atoms with Gasteiger partial charge in [-0.05, 0) is 36.4 Å². The SMILES string of the molecule is COc1ccc(NCCC(=O)N2CCN(c3ccccc3)CC2)cc1. The Morgan fingerprint density at radius 3 is 2.32 bits per heavy atom. The highest BCUT2D eigenvalue weighted by Crippen LogP contribution is 2.17. The number of nitrogens with zero attached hydrogens (tertiary/aromatic N) is 2. The fourth-order valence-corrected chi connectivity index (χ4v) is 3.03. The average molecular weight is 339 g/mol. The van der Waals surface area contributed by atoms with Crippen LogP contribution in [0.4, 0.5) is 11.4 Å². The molecule has 5 heteroatoms. The number of methoxy groups -OCH3 is 1. The maximum Gasteiger partial charge on any atom is 0.224 e. The molecule has 0 atom stereocenters. The summed E-state index contributed by atoms with van der Waals surface area (Å²) >= 11 is 0. The van der Waals surface area contributed by atoms with Gasteiger partial charge < -0.3 is 19.9 Å². The predicted octanol–water partition coefficient (Wildman–Crippen LogP) is 2.85. The Morgan fingerprint density at radius 1 is 1.00 bits per heavy atom. The van der Waals surface area contributed by atoms with Crippen LogP contribution in [0.2, 0.25) is 0 Å². The highest BCUT2D eigenvalue weighted by Gasteiger charge is 2.20. The number of carbonyl (C=O) groups excluding carboxylic acids is 1. The van der Waals surface area contributed by atoms with Gasteiger partial charge in [-0.1, -0.05) is 18.2 Å². The lowest BCUT2D eigenvalue weighted by Gasteiger charge is -2.36. The van der Waals surface area contributed by atoms with Crippen molar-refractivity contribution in [3.05, 3.63) is 54.6 Å². The van der Waals surface area contributed by atoms with Crippen molar-refractivity contribution in [2.24, 2.45) is 0 Å². The molecule has 0 bridgehead atoms. The van der Waals surface area contributed by atoms with Crippen molar-refractivity contribution in [3.63, 3.8) is 0 Å². The first-order valence-corrected chi connectivity index (χ1v) is 8.72. The fraction of sp³-hybridized carbons (Fsp3) is 0.350. The van der Waals surface area contributed by atoms with Crippen LogP contribution in [0.5, 0.6) is 5.75 Å². The minimum atomic E-state index is 0.216. The van der Waals surface area contributed by atoms with Crippen LogP contribution in [0, 0.1) is 0 Å². The van der Waals surface area contributed by atoms with E-state index in [1.54, 1.807) is 7.11 Å². The molecular weight excluding hydrogens is 314 g/mol. The number of nitrogens with one attached hydrogen (secondary N) is 1. The van der Waals surface area contributed by atoms with Crippen LogP contribution in [0.15, 0.2) is 54.6 Å². The highest BCUT2D eigenvalue weighted by molar-refractivity contribution is 5.77. The molecule has 5 nitrogen and oxygen atoms in total. The zero-order valence-electron chi connectivity index (χ0n) is 14.6. The van der Waals surface area contributed by atoms with Gasteiger partial charge in [-0.25, -0.2) is 0 Å². The summed E-state index contributed by atoms with van der Waals surface area (Å²) in [6.45, 7) is 4.00. The van der Waals surface area contributed by atoms with Gasteiger partial charge in [0, 0.05) is 50.5 Å². The zero-order chi connectivity index (χ0) is 17.5. The quantitative estimate of drug-likeness (QED) is 0.879. The molecule has 2 aromatic carbocycles. The van der Waals surface area contributed by atoms with Gasteiger partial charge in [0.15, 0.2) is 0 Å². The van der Waals surface area contributed by atoms with E-state index in [1.807, 2.05) is 35.2 Å². The smallest absolute Gasteiger partial charge is 0.224 e. The van der Waals surface area contributed by atoms with Crippen molar-refractivity contribution in [3.8, 4) is 5.75 Å². The molecule has 25 heavy (non-hydrogen) atoms. The summed E-state index contributed by atoms with van der Waals surface area (Å²) in [6.07, 6.45) is 0.511. The molecule has 1 heterocycles. The van der Waals surface area contributed by atoms with E-state index in [4.69, 9.17) is 4.74 Å². The molecule has 1 amide bonds. The number of benzene rings is 2. The topological polar surface area (TPSA) is 44.8 Å². The van der Waals surface area contributed by atoms with E-state index < -0.39 is 0 Å². The molecule has 2 aromatic rings. The Hall–Kier alpha value is -2.69. The molecule has 0 aliphatic carbocycles.